The molecular formula is C16H14BrN3O4. The average Bonchev–Trinajstić information content (AvgIpc) is 2.61. The van der Waals surface area contributed by atoms with Gasteiger partial charge in [-0.25, -0.2) is 10.9 Å². The Kier molecular flexibility index (Phi) is 6.05. The number of hydrazone groups is 1. The molecule has 2 aromatic carbocycles. The molecule has 0 aliphatic rings. The van der Waals surface area contributed by atoms with Crippen molar-refractivity contribution in [3.63, 3.8) is 0 Å². The average molecular weight is 392 g/mol. The Labute approximate surface area is 146 Å². The molecule has 2 aromatic rings. The zero-order chi connectivity index (χ0) is 17.5. The number of rotatable bonds is 5. The highest BCUT2D eigenvalue weighted by molar-refractivity contribution is 9.10. The summed E-state index contributed by atoms with van der Waals surface area (Å²) >= 11 is 3.35. The van der Waals surface area contributed by atoms with E-state index in [1.54, 1.807) is 19.2 Å². The normalized spacial score (nSPS) is 10.5. The number of amides is 2. The van der Waals surface area contributed by atoms with E-state index in [0.29, 0.717) is 16.9 Å². The maximum absolute atomic E-state index is 12.0. The molecule has 0 aliphatic carbocycles. The summed E-state index contributed by atoms with van der Waals surface area (Å²) in [6.07, 6.45) is 1.47. The van der Waals surface area contributed by atoms with E-state index in [1.165, 1.54) is 36.0 Å². The maximum atomic E-state index is 12.0. The Morgan fingerprint density at radius 1 is 1.12 bits per heavy atom. The lowest BCUT2D eigenvalue weighted by Crippen LogP contribution is -2.20. The second-order valence-corrected chi connectivity index (χ2v) is 5.52. The number of nitrogens with zero attached hydrogens (tertiary/aromatic N) is 1. The zero-order valence-electron chi connectivity index (χ0n) is 12.6. The van der Waals surface area contributed by atoms with Gasteiger partial charge in [0.2, 0.25) is 0 Å². The lowest BCUT2D eigenvalue weighted by molar-refractivity contribution is 0.0706. The third kappa shape index (κ3) is 4.40. The molecule has 0 aliphatic heterocycles. The van der Waals surface area contributed by atoms with Crippen molar-refractivity contribution in [2.45, 2.75) is 0 Å². The van der Waals surface area contributed by atoms with Gasteiger partial charge < -0.3 is 4.74 Å². The molecule has 0 saturated heterocycles. The van der Waals surface area contributed by atoms with E-state index >= 15 is 0 Å². The summed E-state index contributed by atoms with van der Waals surface area (Å²) in [4.78, 5) is 23.2. The van der Waals surface area contributed by atoms with Gasteiger partial charge in [-0.3, -0.25) is 14.8 Å². The highest BCUT2D eigenvalue weighted by Gasteiger charge is 2.08. The third-order valence-corrected chi connectivity index (χ3v) is 3.57. The SMILES string of the molecule is COc1ccc(Br)cc1C=NNC(=O)c1ccc(C(=O)NO)cc1. The van der Waals surface area contributed by atoms with Gasteiger partial charge >= 0.3 is 0 Å². The van der Waals surface area contributed by atoms with Crippen LogP contribution in [0.1, 0.15) is 26.3 Å². The summed E-state index contributed by atoms with van der Waals surface area (Å²) in [5, 5.41) is 12.4. The van der Waals surface area contributed by atoms with Gasteiger partial charge in [0.15, 0.2) is 0 Å². The summed E-state index contributed by atoms with van der Waals surface area (Å²) < 4.78 is 6.06. The summed E-state index contributed by atoms with van der Waals surface area (Å²) in [6, 6.07) is 11.2. The smallest absolute Gasteiger partial charge is 0.274 e. The van der Waals surface area contributed by atoms with Crippen molar-refractivity contribution in [1.29, 1.82) is 0 Å². The number of hydroxylamine groups is 1. The number of methoxy groups -OCH3 is 1. The largest absolute Gasteiger partial charge is 0.496 e. The maximum Gasteiger partial charge on any atom is 0.274 e. The first-order valence-corrected chi connectivity index (χ1v) is 7.56. The molecule has 0 spiro atoms. The summed E-state index contributed by atoms with van der Waals surface area (Å²) in [5.74, 6) is -0.464. The minimum absolute atomic E-state index is 0.233. The molecule has 2 amide bonds. The van der Waals surface area contributed by atoms with Crippen LogP contribution in [0.4, 0.5) is 0 Å². The number of ether oxygens (including phenoxy) is 1. The molecule has 0 atom stereocenters. The van der Waals surface area contributed by atoms with Crippen LogP contribution in [0, 0.1) is 0 Å². The van der Waals surface area contributed by atoms with Gasteiger partial charge in [-0.1, -0.05) is 15.9 Å². The third-order valence-electron chi connectivity index (χ3n) is 3.07. The van der Waals surface area contributed by atoms with Crippen molar-refractivity contribution < 1.29 is 19.5 Å². The van der Waals surface area contributed by atoms with Crippen molar-refractivity contribution in [3.8, 4) is 5.75 Å². The lowest BCUT2D eigenvalue weighted by atomic mass is 10.1. The molecule has 0 fully saturated rings. The Morgan fingerprint density at radius 3 is 2.33 bits per heavy atom. The Morgan fingerprint density at radius 2 is 1.75 bits per heavy atom. The number of halogens is 1. The number of carbonyl (C=O) groups is 2. The second kappa shape index (κ2) is 8.23. The van der Waals surface area contributed by atoms with Gasteiger partial charge in [0.05, 0.1) is 13.3 Å². The number of carbonyl (C=O) groups excluding carboxylic acids is 2. The summed E-state index contributed by atoms with van der Waals surface area (Å²) in [5.41, 5.74) is 5.16. The van der Waals surface area contributed by atoms with E-state index in [1.807, 2.05) is 6.07 Å². The Balaban J connectivity index is 2.05. The van der Waals surface area contributed by atoms with Gasteiger partial charge in [-0.05, 0) is 42.5 Å². The van der Waals surface area contributed by atoms with E-state index in [9.17, 15) is 9.59 Å². The van der Waals surface area contributed by atoms with Gasteiger partial charge in [-0.15, -0.1) is 0 Å². The molecule has 0 unspecified atom stereocenters. The Hall–Kier alpha value is -2.71. The second-order valence-electron chi connectivity index (χ2n) is 4.60. The molecule has 0 saturated carbocycles. The van der Waals surface area contributed by atoms with Gasteiger partial charge in [0.25, 0.3) is 11.8 Å². The van der Waals surface area contributed by atoms with Crippen LogP contribution in [0.25, 0.3) is 0 Å². The molecule has 7 nitrogen and oxygen atoms in total. The van der Waals surface area contributed by atoms with Crippen molar-refractivity contribution in [2.24, 2.45) is 5.10 Å². The zero-order valence-corrected chi connectivity index (χ0v) is 14.2. The van der Waals surface area contributed by atoms with E-state index < -0.39 is 11.8 Å². The lowest BCUT2D eigenvalue weighted by Gasteiger charge is -2.05. The fourth-order valence-electron chi connectivity index (χ4n) is 1.87. The minimum atomic E-state index is -0.651. The van der Waals surface area contributed by atoms with Crippen LogP contribution in [0.3, 0.4) is 0 Å². The van der Waals surface area contributed by atoms with Crippen LogP contribution in [-0.2, 0) is 0 Å². The fraction of sp³-hybridized carbons (Fsp3) is 0.0625. The van der Waals surface area contributed by atoms with E-state index in [-0.39, 0.29) is 5.56 Å². The molecular weight excluding hydrogens is 378 g/mol. The highest BCUT2D eigenvalue weighted by atomic mass is 79.9. The standard InChI is InChI=1S/C16H14BrN3O4/c1-24-14-7-6-13(17)8-12(14)9-18-19-15(21)10-2-4-11(5-3-10)16(22)20-23/h2-9,23H,1H3,(H,19,21)(H,20,22). The predicted octanol–water partition coefficient (Wildman–Crippen LogP) is 2.34. The summed E-state index contributed by atoms with van der Waals surface area (Å²) in [6.45, 7) is 0. The van der Waals surface area contributed by atoms with Crippen molar-refractivity contribution >= 4 is 34.0 Å². The molecule has 0 aromatic heterocycles. The van der Waals surface area contributed by atoms with E-state index in [2.05, 4.69) is 26.5 Å². The predicted molar refractivity (Wildman–Crippen MR) is 91.4 cm³/mol. The molecule has 0 bridgehead atoms. The van der Waals surface area contributed by atoms with Crippen molar-refractivity contribution in [3.05, 3.63) is 63.6 Å². The van der Waals surface area contributed by atoms with Gasteiger partial charge in [-0.2, -0.15) is 5.10 Å². The summed E-state index contributed by atoms with van der Waals surface area (Å²) in [7, 11) is 1.54. The molecule has 8 heteroatoms. The van der Waals surface area contributed by atoms with Crippen LogP contribution < -0.4 is 15.6 Å². The molecule has 3 N–H and O–H groups in total. The topological polar surface area (TPSA) is 100 Å². The number of hydrogen-bond acceptors (Lipinski definition) is 5. The van der Waals surface area contributed by atoms with Crippen molar-refractivity contribution in [2.75, 3.05) is 7.11 Å². The molecule has 0 radical (unpaired) electrons. The quantitative estimate of drug-likeness (QED) is 0.413. The number of hydrogen-bond donors (Lipinski definition) is 3. The first kappa shape index (κ1) is 17.6. The van der Waals surface area contributed by atoms with Gasteiger partial charge in [0.1, 0.15) is 5.75 Å². The number of nitrogens with one attached hydrogen (secondary N) is 2. The van der Waals surface area contributed by atoms with Gasteiger partial charge in [0, 0.05) is 21.2 Å². The van der Waals surface area contributed by atoms with Crippen LogP contribution in [0.5, 0.6) is 5.75 Å². The van der Waals surface area contributed by atoms with Crippen LogP contribution in [0.2, 0.25) is 0 Å². The molecule has 2 rings (SSSR count). The Bertz CT molecular complexity index is 775. The molecule has 0 heterocycles. The monoisotopic (exact) mass is 391 g/mol. The first-order valence-electron chi connectivity index (χ1n) is 6.76. The minimum Gasteiger partial charge on any atom is -0.496 e. The van der Waals surface area contributed by atoms with Crippen molar-refractivity contribution in [1.82, 2.24) is 10.9 Å². The van der Waals surface area contributed by atoms with Crippen LogP contribution in [-0.4, -0.2) is 30.3 Å². The van der Waals surface area contributed by atoms with E-state index in [0.717, 1.165) is 4.47 Å². The first-order chi connectivity index (χ1) is 11.5. The van der Waals surface area contributed by atoms with Crippen LogP contribution in [0.15, 0.2) is 52.0 Å². The fourth-order valence-corrected chi connectivity index (χ4v) is 2.25. The highest BCUT2D eigenvalue weighted by Crippen LogP contribution is 2.21. The molecule has 24 heavy (non-hydrogen) atoms. The number of benzene rings is 2. The van der Waals surface area contributed by atoms with E-state index in [4.69, 9.17) is 9.94 Å². The van der Waals surface area contributed by atoms with Crippen LogP contribution >= 0.6 is 15.9 Å². The molecule has 124 valence electrons.